The smallest absolute Gasteiger partial charge is 0.409 e. The number of rotatable bonds is 20. The third-order valence-electron chi connectivity index (χ3n) is 12.8. The van der Waals surface area contributed by atoms with Crippen molar-refractivity contribution in [3.63, 3.8) is 0 Å². The molecule has 10 amide bonds. The number of likely N-dealkylation sites (N-methyl/N-ethyl adjacent to an activating group) is 1. The molecule has 2 aliphatic rings. The summed E-state index contributed by atoms with van der Waals surface area (Å²) in [6, 6.07) is 20.9. The minimum atomic E-state index is -1.01. The summed E-state index contributed by atoms with van der Waals surface area (Å²) in [6.45, 7) is 10.4. The summed E-state index contributed by atoms with van der Waals surface area (Å²) in [6.07, 6.45) is 2.32. The number of carbonyl (C=O) groups is 9. The van der Waals surface area contributed by atoms with Crippen LogP contribution < -0.4 is 47.3 Å². The Hall–Kier alpha value is -7.89. The molecule has 5 aromatic rings. The van der Waals surface area contributed by atoms with Crippen LogP contribution in [0, 0.1) is 0 Å². The third-order valence-corrected chi connectivity index (χ3v) is 12.8. The molecule has 2 aliphatic heterocycles. The summed E-state index contributed by atoms with van der Waals surface area (Å²) in [5.41, 5.74) is 9.00. The fourth-order valence-electron chi connectivity index (χ4n) is 8.83. The van der Waals surface area contributed by atoms with Crippen LogP contribution in [0.4, 0.5) is 26.7 Å². The molecular formula is C56H73BrN12O10. The maximum atomic E-state index is 14.2. The Kier molecular flexibility index (Phi) is 24.2. The number of aromatic amines is 1. The van der Waals surface area contributed by atoms with Crippen molar-refractivity contribution >= 4 is 108 Å². The number of alkyl halides is 1. The number of fused-ring (bicyclic) bond motifs is 4. The lowest BCUT2D eigenvalue weighted by Gasteiger charge is -2.31. The molecule has 1 saturated heterocycles. The average molecular weight is 1150 g/mol. The second kappa shape index (κ2) is 30.9. The van der Waals surface area contributed by atoms with Crippen molar-refractivity contribution in [3.8, 4) is 5.75 Å². The quantitative estimate of drug-likeness (QED) is 0.0344. The van der Waals surface area contributed by atoms with Crippen molar-refractivity contribution in [3.05, 3.63) is 95.7 Å². The van der Waals surface area contributed by atoms with E-state index in [1.54, 1.807) is 52.3 Å². The SMILES string of the molecule is CBr.CC(=O)N(CCCC(=O)NCCNCC(=O)N[C@@H](CCCNC(N)=O)C(=O)Nc1ccc(C(=O)Nc2ccc3[nH]c(C(=O)N4CCc5c4cc(OC(=O)N4CCN(C)CC4)c4ccccc54)cc3c2)cc1)C(C)=O.CCC. The number of urea groups is 1. The Morgan fingerprint density at radius 3 is 2.10 bits per heavy atom. The molecule has 0 saturated carbocycles. The highest BCUT2D eigenvalue weighted by Crippen LogP contribution is 2.41. The number of amides is 10. The molecule has 0 unspecified atom stereocenters. The molecular weight excluding hydrogens is 1080 g/mol. The van der Waals surface area contributed by atoms with Crippen molar-refractivity contribution in [1.29, 1.82) is 0 Å². The number of hydrogen-bond acceptors (Lipinski definition) is 12. The largest absolute Gasteiger partial charge is 0.415 e. The van der Waals surface area contributed by atoms with Crippen LogP contribution in [0.25, 0.3) is 21.7 Å². The number of imide groups is 1. The summed E-state index contributed by atoms with van der Waals surface area (Å²) in [7, 11) is 2.01. The van der Waals surface area contributed by atoms with Crippen molar-refractivity contribution in [2.45, 2.75) is 72.3 Å². The Labute approximate surface area is 468 Å². The number of primary amides is 1. The van der Waals surface area contributed by atoms with Gasteiger partial charge in [-0.15, -0.1) is 0 Å². The van der Waals surface area contributed by atoms with E-state index in [2.05, 4.69) is 71.6 Å². The zero-order chi connectivity index (χ0) is 57.6. The molecule has 7 rings (SSSR count). The molecule has 23 heteroatoms. The molecule has 0 spiro atoms. The second-order valence-electron chi connectivity index (χ2n) is 18.9. The number of halogens is 1. The first-order chi connectivity index (χ1) is 38.0. The number of nitrogens with zero attached hydrogens (tertiary/aromatic N) is 4. The minimum Gasteiger partial charge on any atom is -0.409 e. The summed E-state index contributed by atoms with van der Waals surface area (Å²) < 4.78 is 6.01. The molecule has 9 N–H and O–H groups in total. The molecule has 1 aromatic heterocycles. The molecule has 0 aliphatic carbocycles. The zero-order valence-electron chi connectivity index (χ0n) is 45.7. The number of nitrogens with two attached hydrogens (primary N) is 1. The van der Waals surface area contributed by atoms with Crippen molar-refractivity contribution < 1.29 is 47.9 Å². The Morgan fingerprint density at radius 2 is 1.43 bits per heavy atom. The number of aromatic nitrogens is 1. The van der Waals surface area contributed by atoms with Gasteiger partial charge >= 0.3 is 12.1 Å². The van der Waals surface area contributed by atoms with Gasteiger partial charge in [0, 0.05) is 118 Å². The number of piperazine rings is 1. The normalized spacial score (nSPS) is 13.1. The summed E-state index contributed by atoms with van der Waals surface area (Å²) in [5, 5.41) is 18.8. The van der Waals surface area contributed by atoms with Gasteiger partial charge in [-0.1, -0.05) is 60.5 Å². The van der Waals surface area contributed by atoms with Crippen LogP contribution in [0.15, 0.2) is 78.9 Å². The Balaban J connectivity index is 0.00000222. The van der Waals surface area contributed by atoms with Crippen LogP contribution in [0.2, 0.25) is 0 Å². The standard InChI is InChI=1S/C52H62N12O10.C3H8.CH3Br/c1-32(65)63(33(2)66)22-7-11-46(67)55-21-20-54-31-47(68)60-42(10-6-19-56-51(53)72)49(70)57-36-14-12-34(13-15-36)48(69)58-37-16-17-41-35(28-37)29-43(59-41)50(71)64-23-18-39-38-8-4-5-9-40(38)45(30-44(39)64)74-52(73)62-26-24-61(3)25-27-62;1-3-2;1-2/h4-5,8-9,12-17,28-30,42,54,59H,6-7,10-11,18-27,31H2,1-3H3,(H,55,67)(H,57,70)(H,58,69)(H,60,68)(H3,53,56,72);3H2,1-2H3;1H3/t42-;;/m0../s1. The van der Waals surface area contributed by atoms with Crippen LogP contribution in [0.5, 0.6) is 5.75 Å². The van der Waals surface area contributed by atoms with Gasteiger partial charge in [0.2, 0.25) is 29.5 Å². The maximum Gasteiger partial charge on any atom is 0.415 e. The van der Waals surface area contributed by atoms with Crippen LogP contribution in [0.1, 0.15) is 86.2 Å². The van der Waals surface area contributed by atoms with E-state index in [-0.39, 0.29) is 57.4 Å². The molecule has 22 nitrogen and oxygen atoms in total. The van der Waals surface area contributed by atoms with Crippen molar-refractivity contribution in [2.24, 2.45) is 5.73 Å². The summed E-state index contributed by atoms with van der Waals surface area (Å²) in [5.74, 6) is -0.583. The highest BCUT2D eigenvalue weighted by molar-refractivity contribution is 9.08. The molecule has 4 aromatic carbocycles. The van der Waals surface area contributed by atoms with Gasteiger partial charge in [-0.25, -0.2) is 9.59 Å². The number of hydrogen-bond donors (Lipinski definition) is 8. The summed E-state index contributed by atoms with van der Waals surface area (Å²) >= 11 is 2.94. The topological polar surface area (TPSA) is 290 Å². The van der Waals surface area contributed by atoms with Gasteiger partial charge in [-0.05, 0) is 98.0 Å². The lowest BCUT2D eigenvalue weighted by molar-refractivity contribution is -0.142. The van der Waals surface area contributed by atoms with Gasteiger partial charge in [0.1, 0.15) is 17.5 Å². The minimum absolute atomic E-state index is 0.102. The molecule has 0 radical (unpaired) electrons. The number of H-pyrrole nitrogens is 1. The monoisotopic (exact) mass is 1150 g/mol. The molecule has 79 heavy (non-hydrogen) atoms. The van der Waals surface area contributed by atoms with Gasteiger partial charge in [-0.2, -0.15) is 0 Å². The van der Waals surface area contributed by atoms with E-state index in [4.69, 9.17) is 10.5 Å². The van der Waals surface area contributed by atoms with E-state index in [1.165, 1.54) is 32.4 Å². The first kappa shape index (κ1) is 62.0. The van der Waals surface area contributed by atoms with Gasteiger partial charge in [0.25, 0.3) is 11.8 Å². The van der Waals surface area contributed by atoms with Gasteiger partial charge in [-0.3, -0.25) is 38.5 Å². The molecule has 1 fully saturated rings. The molecule has 1 atom stereocenters. The average Bonchev–Trinajstić information content (AvgIpc) is 4.10. The molecule has 424 valence electrons. The lowest BCUT2D eigenvalue weighted by atomic mass is 10.0. The van der Waals surface area contributed by atoms with E-state index >= 15 is 0 Å². The molecule has 3 heterocycles. The van der Waals surface area contributed by atoms with Crippen LogP contribution >= 0.6 is 15.9 Å². The number of carbonyl (C=O) groups excluding carboxylic acids is 9. The Morgan fingerprint density at radius 1 is 0.759 bits per heavy atom. The van der Waals surface area contributed by atoms with Crippen molar-refractivity contribution in [2.75, 3.05) is 93.9 Å². The van der Waals surface area contributed by atoms with Crippen LogP contribution in [-0.4, -0.2) is 158 Å². The fourth-order valence-corrected chi connectivity index (χ4v) is 8.83. The van der Waals surface area contributed by atoms with Gasteiger partial charge in [0.15, 0.2) is 0 Å². The third kappa shape index (κ3) is 18.1. The highest BCUT2D eigenvalue weighted by atomic mass is 79.9. The Bertz CT molecular complexity index is 2950. The maximum absolute atomic E-state index is 14.2. The van der Waals surface area contributed by atoms with Gasteiger partial charge in [0.05, 0.1) is 12.2 Å². The zero-order valence-corrected chi connectivity index (χ0v) is 47.3. The van der Waals surface area contributed by atoms with Crippen LogP contribution in [-0.2, 0) is 30.4 Å². The molecule has 0 bridgehead atoms. The number of ether oxygens (including phenoxy) is 1. The van der Waals surface area contributed by atoms with E-state index in [1.807, 2.05) is 37.1 Å². The number of nitrogens with one attached hydrogen (secondary N) is 7. The van der Waals surface area contributed by atoms with E-state index < -0.39 is 47.7 Å². The lowest BCUT2D eigenvalue weighted by Crippen LogP contribution is -2.48. The highest BCUT2D eigenvalue weighted by Gasteiger charge is 2.31. The summed E-state index contributed by atoms with van der Waals surface area (Å²) in [4.78, 5) is 124. The number of benzene rings is 4. The first-order valence-corrected chi connectivity index (χ1v) is 27.9. The first-order valence-electron chi connectivity index (χ1n) is 26.3. The van der Waals surface area contributed by atoms with E-state index in [9.17, 15) is 43.2 Å². The van der Waals surface area contributed by atoms with E-state index in [0.29, 0.717) is 83.9 Å². The fraction of sp³-hybridized carbons (Fsp3) is 0.411. The number of anilines is 3. The predicted molar refractivity (Wildman–Crippen MR) is 308 cm³/mol. The van der Waals surface area contributed by atoms with Crippen molar-refractivity contribution in [1.82, 2.24) is 41.0 Å². The van der Waals surface area contributed by atoms with Gasteiger partial charge < -0.3 is 62.1 Å². The van der Waals surface area contributed by atoms with E-state index in [0.717, 1.165) is 34.3 Å². The predicted octanol–water partition coefficient (Wildman–Crippen LogP) is 5.70. The van der Waals surface area contributed by atoms with Crippen LogP contribution in [0.3, 0.4) is 0 Å². The second-order valence-corrected chi connectivity index (χ2v) is 18.9.